The molecule has 0 unspecified atom stereocenters. The van der Waals surface area contributed by atoms with Crippen LogP contribution in [0.1, 0.15) is 71.8 Å². The van der Waals surface area contributed by atoms with Gasteiger partial charge in [0.25, 0.3) is 0 Å². The molecular formula is C25H36N6O2. The number of imidazole rings is 1. The second-order valence-electron chi connectivity index (χ2n) is 10.6. The Balaban J connectivity index is 1.18. The highest BCUT2D eigenvalue weighted by atomic mass is 16.6. The van der Waals surface area contributed by atoms with Crippen LogP contribution in [0.25, 0.3) is 22.1 Å². The highest BCUT2D eigenvalue weighted by molar-refractivity contribution is 6.00. The van der Waals surface area contributed by atoms with Gasteiger partial charge in [0.2, 0.25) is 0 Å². The van der Waals surface area contributed by atoms with Crippen molar-refractivity contribution in [2.24, 2.45) is 0 Å². The Kier molecular flexibility index (Phi) is 6.03. The molecule has 178 valence electrons. The first-order chi connectivity index (χ1) is 15.9. The molecule has 2 fully saturated rings. The lowest BCUT2D eigenvalue weighted by atomic mass is 9.90. The molecule has 4 heterocycles. The van der Waals surface area contributed by atoms with Crippen LogP contribution in [0.3, 0.4) is 0 Å². The number of carbonyl (C=O) groups is 1. The van der Waals surface area contributed by atoms with Crippen LogP contribution in [0.4, 0.5) is 4.79 Å². The summed E-state index contributed by atoms with van der Waals surface area (Å²) in [5, 5.41) is 4.92. The van der Waals surface area contributed by atoms with E-state index in [1.165, 1.54) is 11.9 Å². The van der Waals surface area contributed by atoms with E-state index >= 15 is 0 Å². The van der Waals surface area contributed by atoms with Gasteiger partial charge < -0.3 is 24.5 Å². The smallest absolute Gasteiger partial charge is 0.410 e. The van der Waals surface area contributed by atoms with Crippen molar-refractivity contribution in [3.05, 3.63) is 24.8 Å². The predicted octanol–water partition coefficient (Wildman–Crippen LogP) is 4.78. The van der Waals surface area contributed by atoms with Crippen LogP contribution in [0.5, 0.6) is 0 Å². The van der Waals surface area contributed by atoms with Gasteiger partial charge in [0.1, 0.15) is 16.8 Å². The number of carbonyl (C=O) groups excluding carboxylic acids is 1. The number of aromatic nitrogens is 4. The summed E-state index contributed by atoms with van der Waals surface area (Å²) in [6.45, 7) is 7.44. The number of hydrogen-bond donors (Lipinski definition) is 2. The Hall–Kier alpha value is -2.61. The van der Waals surface area contributed by atoms with Gasteiger partial charge in [0, 0.05) is 42.8 Å². The van der Waals surface area contributed by atoms with Gasteiger partial charge in [-0.3, -0.25) is 0 Å². The van der Waals surface area contributed by atoms with Gasteiger partial charge in [-0.25, -0.2) is 14.8 Å². The predicted molar refractivity (Wildman–Crippen MR) is 129 cm³/mol. The van der Waals surface area contributed by atoms with Crippen molar-refractivity contribution in [1.29, 1.82) is 0 Å². The Morgan fingerprint density at radius 1 is 1.18 bits per heavy atom. The quantitative estimate of drug-likeness (QED) is 0.595. The molecular weight excluding hydrogens is 416 g/mol. The Bertz CT molecular complexity index is 1110. The second kappa shape index (κ2) is 8.97. The third kappa shape index (κ3) is 4.71. The Morgan fingerprint density at radius 2 is 2.00 bits per heavy atom. The van der Waals surface area contributed by atoms with Crippen LogP contribution in [0.15, 0.2) is 24.8 Å². The van der Waals surface area contributed by atoms with E-state index in [-0.39, 0.29) is 12.1 Å². The standard InChI is InChI=1S/C25H36N6O2/c1-25(2,3)33-24(32)30-13-5-4-6-19(30)14-27-17-7-9-18(10-8-17)31-16-29-21-15-28-23-20(22(21)31)11-12-26-23/h11-12,15-19,27H,4-10,13-14H2,1-3H3,(H,26,28)/t17?,18?,19-/m0/s1. The molecule has 0 bridgehead atoms. The Morgan fingerprint density at radius 3 is 2.79 bits per heavy atom. The average molecular weight is 453 g/mol. The largest absolute Gasteiger partial charge is 0.444 e. The summed E-state index contributed by atoms with van der Waals surface area (Å²) in [4.78, 5) is 26.9. The molecule has 5 rings (SSSR count). The molecule has 2 aliphatic rings. The van der Waals surface area contributed by atoms with Crippen molar-refractivity contribution in [1.82, 2.24) is 29.7 Å². The van der Waals surface area contributed by atoms with Crippen molar-refractivity contribution < 1.29 is 9.53 Å². The minimum absolute atomic E-state index is 0.171. The summed E-state index contributed by atoms with van der Waals surface area (Å²) in [6.07, 6.45) is 13.4. The highest BCUT2D eigenvalue weighted by Gasteiger charge is 2.31. The number of piperidine rings is 1. The third-order valence-electron chi connectivity index (χ3n) is 7.11. The molecule has 1 atom stereocenters. The number of nitrogens with zero attached hydrogens (tertiary/aromatic N) is 4. The molecule has 1 aliphatic carbocycles. The first kappa shape index (κ1) is 22.2. The minimum Gasteiger partial charge on any atom is -0.444 e. The molecule has 1 aliphatic heterocycles. The number of nitrogens with one attached hydrogen (secondary N) is 2. The summed E-state index contributed by atoms with van der Waals surface area (Å²) < 4.78 is 8.01. The molecule has 8 heteroatoms. The van der Waals surface area contributed by atoms with Crippen molar-refractivity contribution >= 4 is 28.2 Å². The zero-order valence-electron chi connectivity index (χ0n) is 20.0. The number of rotatable bonds is 4. The fourth-order valence-corrected chi connectivity index (χ4v) is 5.44. The maximum atomic E-state index is 12.7. The van der Waals surface area contributed by atoms with Gasteiger partial charge in [-0.05, 0) is 71.8 Å². The maximum Gasteiger partial charge on any atom is 0.410 e. The summed E-state index contributed by atoms with van der Waals surface area (Å²) in [7, 11) is 0. The average Bonchev–Trinajstić information content (AvgIpc) is 3.43. The zero-order chi connectivity index (χ0) is 23.0. The molecule has 0 aromatic carbocycles. The highest BCUT2D eigenvalue weighted by Crippen LogP contribution is 2.33. The molecule has 1 saturated carbocycles. The Labute approximate surface area is 195 Å². The van der Waals surface area contributed by atoms with E-state index in [4.69, 9.17) is 4.74 Å². The number of hydrogen-bond acceptors (Lipinski definition) is 5. The lowest BCUT2D eigenvalue weighted by Gasteiger charge is -2.38. The molecule has 0 radical (unpaired) electrons. The van der Waals surface area contributed by atoms with Gasteiger partial charge in [-0.2, -0.15) is 0 Å². The van der Waals surface area contributed by atoms with E-state index in [0.717, 1.165) is 68.2 Å². The zero-order valence-corrected chi connectivity index (χ0v) is 20.0. The molecule has 1 saturated heterocycles. The van der Waals surface area contributed by atoms with Crippen molar-refractivity contribution in [3.8, 4) is 0 Å². The molecule has 3 aromatic heterocycles. The van der Waals surface area contributed by atoms with Gasteiger partial charge in [-0.15, -0.1) is 0 Å². The molecule has 33 heavy (non-hydrogen) atoms. The van der Waals surface area contributed by atoms with Crippen molar-refractivity contribution in [3.63, 3.8) is 0 Å². The number of H-pyrrole nitrogens is 1. The number of likely N-dealkylation sites (tertiary alicyclic amines) is 1. The van der Waals surface area contributed by atoms with Gasteiger partial charge in [0.05, 0.1) is 18.0 Å². The number of ether oxygens (including phenoxy) is 1. The first-order valence-electron chi connectivity index (χ1n) is 12.4. The molecule has 2 N–H and O–H groups in total. The van der Waals surface area contributed by atoms with Crippen molar-refractivity contribution in [2.75, 3.05) is 13.1 Å². The van der Waals surface area contributed by atoms with E-state index in [9.17, 15) is 4.79 Å². The van der Waals surface area contributed by atoms with Crippen LogP contribution >= 0.6 is 0 Å². The number of pyridine rings is 1. The molecule has 8 nitrogen and oxygen atoms in total. The van der Waals surface area contributed by atoms with Crippen LogP contribution in [-0.4, -0.2) is 61.3 Å². The van der Waals surface area contributed by atoms with E-state index in [1.54, 1.807) is 0 Å². The summed E-state index contributed by atoms with van der Waals surface area (Å²) >= 11 is 0. The number of fused-ring (bicyclic) bond motifs is 3. The number of aromatic amines is 1. The maximum absolute atomic E-state index is 12.7. The second-order valence-corrected chi connectivity index (χ2v) is 10.6. The fraction of sp³-hybridized carbons (Fsp3) is 0.640. The lowest BCUT2D eigenvalue weighted by molar-refractivity contribution is 0.00948. The van der Waals surface area contributed by atoms with Gasteiger partial charge >= 0.3 is 6.09 Å². The monoisotopic (exact) mass is 452 g/mol. The normalized spacial score (nSPS) is 24.5. The van der Waals surface area contributed by atoms with E-state index in [0.29, 0.717) is 12.1 Å². The topological polar surface area (TPSA) is 88.1 Å². The first-order valence-corrected chi connectivity index (χ1v) is 12.4. The van der Waals surface area contributed by atoms with Crippen LogP contribution in [0, 0.1) is 0 Å². The minimum atomic E-state index is -0.454. The summed E-state index contributed by atoms with van der Waals surface area (Å²) in [5.74, 6) is 0. The van der Waals surface area contributed by atoms with E-state index in [2.05, 4.69) is 30.9 Å². The summed E-state index contributed by atoms with van der Waals surface area (Å²) in [6, 6.07) is 3.27. The fourth-order valence-electron chi connectivity index (χ4n) is 5.44. The summed E-state index contributed by atoms with van der Waals surface area (Å²) in [5.41, 5.74) is 2.61. The molecule has 1 amide bonds. The lowest BCUT2D eigenvalue weighted by Crippen LogP contribution is -2.51. The van der Waals surface area contributed by atoms with Crippen LogP contribution in [-0.2, 0) is 4.74 Å². The molecule has 3 aromatic rings. The SMILES string of the molecule is CC(C)(C)OC(=O)N1CCCC[C@H]1CNC1CCC(n2cnc3cnc4[nH]ccc4c32)CC1. The van der Waals surface area contributed by atoms with Crippen LogP contribution in [0.2, 0.25) is 0 Å². The van der Waals surface area contributed by atoms with Gasteiger partial charge in [0.15, 0.2) is 0 Å². The van der Waals surface area contributed by atoms with Crippen molar-refractivity contribution in [2.45, 2.75) is 89.4 Å². The van der Waals surface area contributed by atoms with E-state index < -0.39 is 5.60 Å². The van der Waals surface area contributed by atoms with Gasteiger partial charge in [-0.1, -0.05) is 0 Å². The van der Waals surface area contributed by atoms with Crippen LogP contribution < -0.4 is 5.32 Å². The number of amides is 1. The molecule has 0 spiro atoms. The third-order valence-corrected chi connectivity index (χ3v) is 7.11. The van der Waals surface area contributed by atoms with E-state index in [1.807, 2.05) is 44.4 Å².